The lowest BCUT2D eigenvalue weighted by atomic mass is 9.98. The van der Waals surface area contributed by atoms with E-state index in [4.69, 9.17) is 0 Å². The molecule has 8 heteroatoms. The van der Waals surface area contributed by atoms with Crippen molar-refractivity contribution in [1.82, 2.24) is 9.88 Å². The smallest absolute Gasteiger partial charge is 0.257 e. The van der Waals surface area contributed by atoms with Crippen LogP contribution in [0.1, 0.15) is 60.0 Å². The summed E-state index contributed by atoms with van der Waals surface area (Å²) in [5, 5.41) is 3.57. The normalized spacial score (nSPS) is 22.2. The lowest BCUT2D eigenvalue weighted by molar-refractivity contribution is -0.118. The fourth-order valence-electron chi connectivity index (χ4n) is 4.86. The van der Waals surface area contributed by atoms with Crippen LogP contribution in [-0.4, -0.2) is 39.8 Å². The van der Waals surface area contributed by atoms with Gasteiger partial charge in [0.1, 0.15) is 5.66 Å². The summed E-state index contributed by atoms with van der Waals surface area (Å²) in [6.45, 7) is 2.37. The zero-order valence-electron chi connectivity index (χ0n) is 16.9. The van der Waals surface area contributed by atoms with Gasteiger partial charge in [-0.05, 0) is 51.2 Å². The number of benzene rings is 1. The van der Waals surface area contributed by atoms with E-state index in [0.717, 1.165) is 25.0 Å². The predicted molar refractivity (Wildman–Crippen MR) is 115 cm³/mol. The van der Waals surface area contributed by atoms with Crippen LogP contribution in [0.15, 0.2) is 24.3 Å². The Morgan fingerprint density at radius 3 is 2.90 bits per heavy atom. The van der Waals surface area contributed by atoms with Crippen molar-refractivity contribution in [2.45, 2.75) is 57.5 Å². The third-order valence-corrected chi connectivity index (χ3v) is 7.45. The first kappa shape index (κ1) is 19.2. The number of hydrogen-bond acceptors (Lipinski definition) is 5. The minimum atomic E-state index is -0.672. The third-order valence-electron chi connectivity index (χ3n) is 6.37. The van der Waals surface area contributed by atoms with Crippen molar-refractivity contribution in [3.05, 3.63) is 40.4 Å². The molecule has 1 aromatic carbocycles. The molecule has 3 heterocycles. The van der Waals surface area contributed by atoms with Crippen molar-refractivity contribution >= 4 is 39.9 Å². The van der Waals surface area contributed by atoms with Crippen LogP contribution < -0.4 is 10.2 Å². The number of nitrogens with zero attached hydrogens (tertiary/aromatic N) is 3. The average molecular weight is 425 g/mol. The second-order valence-electron chi connectivity index (χ2n) is 8.31. The van der Waals surface area contributed by atoms with E-state index < -0.39 is 5.66 Å². The van der Waals surface area contributed by atoms with E-state index in [-0.39, 0.29) is 17.7 Å². The monoisotopic (exact) mass is 424 g/mol. The summed E-state index contributed by atoms with van der Waals surface area (Å²) in [7, 11) is 0. The molecule has 1 atom stereocenters. The number of fused-ring (bicyclic) bond motifs is 4. The maximum absolute atomic E-state index is 13.2. The Morgan fingerprint density at radius 2 is 2.07 bits per heavy atom. The van der Waals surface area contributed by atoms with Gasteiger partial charge in [-0.1, -0.05) is 12.1 Å². The lowest BCUT2D eigenvalue weighted by Gasteiger charge is -2.48. The Bertz CT molecular complexity index is 1030. The number of para-hydroxylation sites is 1. The molecule has 30 heavy (non-hydrogen) atoms. The largest absolute Gasteiger partial charge is 0.315 e. The third kappa shape index (κ3) is 3.01. The van der Waals surface area contributed by atoms with Gasteiger partial charge in [0.25, 0.3) is 5.91 Å². The molecule has 2 aromatic rings. The van der Waals surface area contributed by atoms with Crippen LogP contribution in [0.25, 0.3) is 0 Å². The molecule has 0 unspecified atom stereocenters. The van der Waals surface area contributed by atoms with E-state index in [0.29, 0.717) is 48.6 Å². The van der Waals surface area contributed by atoms with Crippen LogP contribution >= 0.6 is 11.3 Å². The Labute approximate surface area is 179 Å². The number of carbonyl (C=O) groups is 3. The van der Waals surface area contributed by atoms with Crippen LogP contribution in [0.3, 0.4) is 0 Å². The highest BCUT2D eigenvalue weighted by atomic mass is 32.1. The van der Waals surface area contributed by atoms with Gasteiger partial charge in [-0.2, -0.15) is 0 Å². The number of amides is 3. The van der Waals surface area contributed by atoms with Crippen LogP contribution in [0.2, 0.25) is 0 Å². The molecule has 3 amide bonds. The van der Waals surface area contributed by atoms with Gasteiger partial charge in [0.15, 0.2) is 5.13 Å². The molecule has 0 spiro atoms. The zero-order chi connectivity index (χ0) is 20.9. The first-order chi connectivity index (χ1) is 14.5. The first-order valence-corrected chi connectivity index (χ1v) is 11.3. The molecule has 5 rings (SSSR count). The summed E-state index contributed by atoms with van der Waals surface area (Å²) in [6, 6.07) is 7.28. The van der Waals surface area contributed by atoms with E-state index in [1.165, 1.54) is 4.88 Å². The molecule has 0 radical (unpaired) electrons. The fraction of sp³-hybridized carbons (Fsp3) is 0.455. The molecule has 1 aliphatic carbocycles. The molecule has 3 aliphatic rings. The van der Waals surface area contributed by atoms with E-state index in [9.17, 15) is 14.4 Å². The molecular weight excluding hydrogens is 400 g/mol. The van der Waals surface area contributed by atoms with Crippen molar-refractivity contribution in [1.29, 1.82) is 0 Å². The number of anilines is 2. The highest BCUT2D eigenvalue weighted by Crippen LogP contribution is 2.44. The Hall–Kier alpha value is -2.74. The van der Waals surface area contributed by atoms with Gasteiger partial charge in [-0.25, -0.2) is 4.98 Å². The number of rotatable bonds is 5. The Balaban J connectivity index is 1.26. The standard InChI is InChI=1S/C22H24N4O3S/c1-22-12-11-19(28)26(22)16-8-3-2-6-14(16)20(29)25(22)13-5-10-18(27)24-21-23-15-7-4-9-17(15)30-21/h2-3,6,8H,4-5,7,9-13H2,1H3,(H,23,24,27)/t22-/m1/s1. The first-order valence-electron chi connectivity index (χ1n) is 10.5. The molecule has 2 aliphatic heterocycles. The predicted octanol–water partition coefficient (Wildman–Crippen LogP) is 3.35. The van der Waals surface area contributed by atoms with E-state index in [2.05, 4.69) is 10.3 Å². The summed E-state index contributed by atoms with van der Waals surface area (Å²) < 4.78 is 0. The second-order valence-corrected chi connectivity index (χ2v) is 9.40. The number of carbonyl (C=O) groups excluding carboxylic acids is 3. The second kappa shape index (κ2) is 7.19. The number of thiazole rings is 1. The van der Waals surface area contributed by atoms with Crippen molar-refractivity contribution in [3.63, 3.8) is 0 Å². The summed E-state index contributed by atoms with van der Waals surface area (Å²) >= 11 is 1.56. The topological polar surface area (TPSA) is 82.6 Å². The summed E-state index contributed by atoms with van der Waals surface area (Å²) in [4.78, 5) is 47.5. The maximum atomic E-state index is 13.2. The van der Waals surface area contributed by atoms with Gasteiger partial charge < -0.3 is 10.2 Å². The van der Waals surface area contributed by atoms with Crippen LogP contribution in [0.5, 0.6) is 0 Å². The fourth-order valence-corrected chi connectivity index (χ4v) is 5.93. The molecular formula is C22H24N4O3S. The molecule has 156 valence electrons. The van der Waals surface area contributed by atoms with Crippen molar-refractivity contribution in [2.75, 3.05) is 16.8 Å². The molecule has 1 saturated heterocycles. The van der Waals surface area contributed by atoms with E-state index in [1.807, 2.05) is 25.1 Å². The molecule has 7 nitrogen and oxygen atoms in total. The molecule has 1 fully saturated rings. The Kier molecular flexibility index (Phi) is 4.61. The molecule has 1 N–H and O–H groups in total. The van der Waals surface area contributed by atoms with E-state index >= 15 is 0 Å². The SMILES string of the molecule is C[C@]12CCC(=O)N1c1ccccc1C(=O)N2CCCC(=O)Nc1nc2c(s1)CCC2. The minimum Gasteiger partial charge on any atom is -0.315 e. The lowest BCUT2D eigenvalue weighted by Crippen LogP contribution is -2.62. The van der Waals surface area contributed by atoms with Gasteiger partial charge >= 0.3 is 0 Å². The van der Waals surface area contributed by atoms with Crippen molar-refractivity contribution in [2.24, 2.45) is 0 Å². The van der Waals surface area contributed by atoms with Crippen LogP contribution in [0, 0.1) is 0 Å². The van der Waals surface area contributed by atoms with Gasteiger partial charge in [-0.15, -0.1) is 11.3 Å². The van der Waals surface area contributed by atoms with Crippen LogP contribution in [0.4, 0.5) is 10.8 Å². The van der Waals surface area contributed by atoms with Gasteiger partial charge in [0, 0.05) is 24.3 Å². The summed E-state index contributed by atoms with van der Waals surface area (Å²) in [5.41, 5.74) is 1.69. The maximum Gasteiger partial charge on any atom is 0.257 e. The quantitative estimate of drug-likeness (QED) is 0.798. The average Bonchev–Trinajstić information content (AvgIpc) is 3.38. The molecule has 0 saturated carbocycles. The van der Waals surface area contributed by atoms with E-state index in [1.54, 1.807) is 27.2 Å². The zero-order valence-corrected chi connectivity index (χ0v) is 17.8. The van der Waals surface area contributed by atoms with Gasteiger partial charge in [-0.3, -0.25) is 19.3 Å². The van der Waals surface area contributed by atoms with Crippen LogP contribution in [-0.2, 0) is 22.4 Å². The van der Waals surface area contributed by atoms with Gasteiger partial charge in [0.05, 0.1) is 16.9 Å². The summed E-state index contributed by atoms with van der Waals surface area (Å²) in [6.07, 6.45) is 5.05. The number of aromatic nitrogens is 1. The minimum absolute atomic E-state index is 0.0389. The summed E-state index contributed by atoms with van der Waals surface area (Å²) in [5.74, 6) is -0.121. The number of hydrogen-bond donors (Lipinski definition) is 1. The highest BCUT2D eigenvalue weighted by Gasteiger charge is 2.52. The highest BCUT2D eigenvalue weighted by molar-refractivity contribution is 7.15. The number of aryl methyl sites for hydroxylation is 2. The van der Waals surface area contributed by atoms with Gasteiger partial charge in [0.2, 0.25) is 11.8 Å². The Morgan fingerprint density at radius 1 is 1.23 bits per heavy atom. The van der Waals surface area contributed by atoms with Crippen molar-refractivity contribution < 1.29 is 14.4 Å². The van der Waals surface area contributed by atoms with Crippen molar-refractivity contribution in [3.8, 4) is 0 Å². The number of nitrogens with one attached hydrogen (secondary N) is 1. The molecule has 0 bridgehead atoms. The molecule has 1 aromatic heterocycles.